The molecule has 4 rings (SSSR count). The van der Waals surface area contributed by atoms with Crippen molar-refractivity contribution in [3.05, 3.63) is 47.3 Å². The van der Waals surface area contributed by atoms with Crippen LogP contribution >= 0.6 is 0 Å². The van der Waals surface area contributed by atoms with Crippen molar-refractivity contribution >= 4 is 11.8 Å². The van der Waals surface area contributed by atoms with Gasteiger partial charge in [0.25, 0.3) is 11.8 Å². The molecule has 2 aliphatic rings. The van der Waals surface area contributed by atoms with Crippen LogP contribution in [0.25, 0.3) is 0 Å². The highest BCUT2D eigenvalue weighted by atomic mass is 16.2. The van der Waals surface area contributed by atoms with Crippen molar-refractivity contribution in [1.29, 1.82) is 0 Å². The maximum atomic E-state index is 12.8. The minimum absolute atomic E-state index is 0.154. The van der Waals surface area contributed by atoms with Crippen molar-refractivity contribution < 1.29 is 9.59 Å². The number of carbonyl (C=O) groups is 2. The van der Waals surface area contributed by atoms with E-state index >= 15 is 0 Å². The average Bonchev–Trinajstić information content (AvgIpc) is 3.34. The summed E-state index contributed by atoms with van der Waals surface area (Å²) in [6, 6.07) is 3.96. The lowest BCUT2D eigenvalue weighted by Crippen LogP contribution is -2.35. The zero-order valence-corrected chi connectivity index (χ0v) is 15.4. The lowest BCUT2D eigenvalue weighted by Gasteiger charge is -2.18. The van der Waals surface area contributed by atoms with E-state index in [1.54, 1.807) is 12.4 Å². The number of amides is 2. The summed E-state index contributed by atoms with van der Waals surface area (Å²) in [5.41, 5.74) is 2.25. The molecule has 0 spiro atoms. The molecule has 27 heavy (non-hydrogen) atoms. The Bertz CT molecular complexity index is 824. The summed E-state index contributed by atoms with van der Waals surface area (Å²) in [6.45, 7) is 1.16. The SMILES string of the molecule is O=C(NCc1ccncc1)c1nc(C(=O)NC2CCCC2)n2c1CCCC2. The summed E-state index contributed by atoms with van der Waals surface area (Å²) in [7, 11) is 0. The van der Waals surface area contributed by atoms with Crippen LogP contribution in [0.4, 0.5) is 0 Å². The van der Waals surface area contributed by atoms with Gasteiger partial charge < -0.3 is 15.2 Å². The number of nitrogens with one attached hydrogen (secondary N) is 2. The van der Waals surface area contributed by atoms with Crippen LogP contribution in [0.3, 0.4) is 0 Å². The Hall–Kier alpha value is -2.70. The molecule has 2 aromatic heterocycles. The fraction of sp³-hybridized carbons (Fsp3) is 0.500. The third-order valence-electron chi connectivity index (χ3n) is 5.43. The summed E-state index contributed by atoms with van der Waals surface area (Å²) in [5.74, 6) is 0.00118. The topological polar surface area (TPSA) is 88.9 Å². The first-order chi connectivity index (χ1) is 13.2. The summed E-state index contributed by atoms with van der Waals surface area (Å²) in [6.07, 6.45) is 10.6. The molecule has 1 saturated carbocycles. The Morgan fingerprint density at radius 1 is 1.07 bits per heavy atom. The molecule has 2 amide bonds. The second-order valence-corrected chi connectivity index (χ2v) is 7.33. The molecule has 0 atom stereocenters. The first-order valence-electron chi connectivity index (χ1n) is 9.80. The summed E-state index contributed by atoms with van der Waals surface area (Å²) >= 11 is 0. The highest BCUT2D eigenvalue weighted by molar-refractivity contribution is 5.97. The molecule has 0 radical (unpaired) electrons. The van der Waals surface area contributed by atoms with Crippen LogP contribution in [0.5, 0.6) is 0 Å². The zero-order valence-electron chi connectivity index (χ0n) is 15.4. The van der Waals surface area contributed by atoms with E-state index in [4.69, 9.17) is 0 Å². The molecular formula is C20H25N5O2. The van der Waals surface area contributed by atoms with Gasteiger partial charge in [-0.1, -0.05) is 12.8 Å². The standard InChI is InChI=1S/C20H25N5O2/c26-19(22-13-14-8-10-21-11-9-14)17-16-7-3-4-12-25(16)18(24-17)20(27)23-15-5-1-2-6-15/h8-11,15H,1-7,12-13H2,(H,22,26)(H,23,27). The normalized spacial score (nSPS) is 16.7. The molecule has 0 unspecified atom stereocenters. The Morgan fingerprint density at radius 3 is 2.63 bits per heavy atom. The van der Waals surface area contributed by atoms with E-state index in [1.165, 1.54) is 0 Å². The highest BCUT2D eigenvalue weighted by Gasteiger charge is 2.28. The zero-order chi connectivity index (χ0) is 18.6. The van der Waals surface area contributed by atoms with Crippen molar-refractivity contribution in [2.24, 2.45) is 0 Å². The molecule has 1 aliphatic carbocycles. The van der Waals surface area contributed by atoms with Crippen LogP contribution in [0, 0.1) is 0 Å². The van der Waals surface area contributed by atoms with Gasteiger partial charge in [0, 0.05) is 31.5 Å². The molecule has 7 heteroatoms. The van der Waals surface area contributed by atoms with Gasteiger partial charge >= 0.3 is 0 Å². The molecule has 0 aromatic carbocycles. The van der Waals surface area contributed by atoms with Crippen LogP contribution in [0.15, 0.2) is 24.5 Å². The average molecular weight is 367 g/mol. The fourth-order valence-corrected chi connectivity index (χ4v) is 3.99. The highest BCUT2D eigenvalue weighted by Crippen LogP contribution is 2.23. The van der Waals surface area contributed by atoms with E-state index in [9.17, 15) is 9.59 Å². The predicted octanol–water partition coefficient (Wildman–Crippen LogP) is 2.22. The Morgan fingerprint density at radius 2 is 1.85 bits per heavy atom. The quantitative estimate of drug-likeness (QED) is 0.848. The maximum absolute atomic E-state index is 12.8. The van der Waals surface area contributed by atoms with Gasteiger partial charge in [0.05, 0.1) is 5.69 Å². The van der Waals surface area contributed by atoms with Crippen LogP contribution in [-0.2, 0) is 19.5 Å². The van der Waals surface area contributed by atoms with E-state index in [2.05, 4.69) is 20.6 Å². The molecule has 0 saturated heterocycles. The predicted molar refractivity (Wildman–Crippen MR) is 100 cm³/mol. The van der Waals surface area contributed by atoms with E-state index in [0.29, 0.717) is 18.1 Å². The number of imidazole rings is 1. The summed E-state index contributed by atoms with van der Waals surface area (Å²) in [4.78, 5) is 33.9. The van der Waals surface area contributed by atoms with Gasteiger partial charge in [0.1, 0.15) is 5.69 Å². The number of rotatable bonds is 5. The largest absolute Gasteiger partial charge is 0.347 e. The fourth-order valence-electron chi connectivity index (χ4n) is 3.99. The molecule has 2 N–H and O–H groups in total. The van der Waals surface area contributed by atoms with Crippen molar-refractivity contribution in [3.8, 4) is 0 Å². The van der Waals surface area contributed by atoms with E-state index in [-0.39, 0.29) is 17.9 Å². The molecule has 1 aliphatic heterocycles. The van der Waals surface area contributed by atoms with Crippen molar-refractivity contribution in [3.63, 3.8) is 0 Å². The monoisotopic (exact) mass is 367 g/mol. The van der Waals surface area contributed by atoms with Crippen LogP contribution in [-0.4, -0.2) is 32.4 Å². The van der Waals surface area contributed by atoms with E-state index in [0.717, 1.165) is 62.7 Å². The van der Waals surface area contributed by atoms with Crippen LogP contribution < -0.4 is 10.6 Å². The van der Waals surface area contributed by atoms with Crippen molar-refractivity contribution in [1.82, 2.24) is 25.2 Å². The minimum Gasteiger partial charge on any atom is -0.347 e. The van der Waals surface area contributed by atoms with Gasteiger partial charge in [0.2, 0.25) is 0 Å². The van der Waals surface area contributed by atoms with Gasteiger partial charge in [-0.2, -0.15) is 0 Å². The second-order valence-electron chi connectivity index (χ2n) is 7.33. The molecular weight excluding hydrogens is 342 g/mol. The van der Waals surface area contributed by atoms with Gasteiger partial charge in [-0.15, -0.1) is 0 Å². The van der Waals surface area contributed by atoms with Crippen molar-refractivity contribution in [2.75, 3.05) is 0 Å². The molecule has 7 nitrogen and oxygen atoms in total. The van der Waals surface area contributed by atoms with Crippen molar-refractivity contribution in [2.45, 2.75) is 64.1 Å². The van der Waals surface area contributed by atoms with Gasteiger partial charge in [-0.3, -0.25) is 14.6 Å². The number of nitrogens with zero attached hydrogens (tertiary/aromatic N) is 3. The second kappa shape index (κ2) is 7.90. The number of aromatic nitrogens is 3. The number of hydrogen-bond donors (Lipinski definition) is 2. The van der Waals surface area contributed by atoms with E-state index in [1.807, 2.05) is 16.7 Å². The number of carbonyl (C=O) groups excluding carboxylic acids is 2. The molecule has 2 aromatic rings. The minimum atomic E-state index is -0.225. The van der Waals surface area contributed by atoms with Gasteiger partial charge in [-0.25, -0.2) is 4.98 Å². The Balaban J connectivity index is 1.52. The Kier molecular flexibility index (Phi) is 5.18. The van der Waals surface area contributed by atoms with E-state index < -0.39 is 0 Å². The van der Waals surface area contributed by atoms with Gasteiger partial charge in [0.15, 0.2) is 5.82 Å². The third-order valence-corrected chi connectivity index (χ3v) is 5.43. The molecule has 142 valence electrons. The molecule has 0 bridgehead atoms. The molecule has 1 fully saturated rings. The number of fused-ring (bicyclic) bond motifs is 1. The smallest absolute Gasteiger partial charge is 0.287 e. The first-order valence-corrected chi connectivity index (χ1v) is 9.80. The summed E-state index contributed by atoms with van der Waals surface area (Å²) in [5, 5.41) is 6.01. The Labute approximate surface area is 158 Å². The number of hydrogen-bond acceptors (Lipinski definition) is 4. The first kappa shape index (κ1) is 17.7. The summed E-state index contributed by atoms with van der Waals surface area (Å²) < 4.78 is 1.94. The number of pyridine rings is 1. The van der Waals surface area contributed by atoms with Gasteiger partial charge in [-0.05, 0) is 49.8 Å². The third kappa shape index (κ3) is 3.86. The van der Waals surface area contributed by atoms with Crippen LogP contribution in [0.2, 0.25) is 0 Å². The lowest BCUT2D eigenvalue weighted by atomic mass is 10.1. The lowest BCUT2D eigenvalue weighted by molar-refractivity contribution is 0.0921. The maximum Gasteiger partial charge on any atom is 0.287 e. The molecule has 3 heterocycles. The van der Waals surface area contributed by atoms with Crippen LogP contribution in [0.1, 0.15) is 70.9 Å².